The summed E-state index contributed by atoms with van der Waals surface area (Å²) in [7, 11) is 0. The molecule has 1 aromatic carbocycles. The lowest BCUT2D eigenvalue weighted by molar-refractivity contribution is -0.129. The van der Waals surface area contributed by atoms with Crippen LogP contribution < -0.4 is 11.1 Å². The monoisotopic (exact) mass is 320 g/mol. The Kier molecular flexibility index (Phi) is 6.51. The zero-order valence-corrected chi connectivity index (χ0v) is 12.3. The fourth-order valence-electron chi connectivity index (χ4n) is 2.21. The highest BCUT2D eigenvalue weighted by Gasteiger charge is 2.35. The maximum atomic E-state index is 13.0. The van der Waals surface area contributed by atoms with Crippen LogP contribution in [-0.2, 0) is 16.0 Å². The number of halogens is 3. The molecule has 2 rings (SSSR count). The van der Waals surface area contributed by atoms with E-state index in [-0.39, 0.29) is 18.3 Å². The Labute approximate surface area is 128 Å². The fourth-order valence-corrected chi connectivity index (χ4v) is 2.21. The first-order valence-corrected chi connectivity index (χ1v) is 6.59. The highest BCUT2D eigenvalue weighted by Crippen LogP contribution is 2.17. The van der Waals surface area contributed by atoms with E-state index in [1.54, 1.807) is 0 Å². The van der Waals surface area contributed by atoms with Gasteiger partial charge in [-0.2, -0.15) is 0 Å². The summed E-state index contributed by atoms with van der Waals surface area (Å²) in [5.41, 5.74) is 5.62. The molecule has 0 aliphatic carbocycles. The quantitative estimate of drug-likeness (QED) is 0.885. The van der Waals surface area contributed by atoms with Crippen molar-refractivity contribution in [3.63, 3.8) is 0 Å². The van der Waals surface area contributed by atoms with Crippen molar-refractivity contribution < 1.29 is 18.3 Å². The molecule has 21 heavy (non-hydrogen) atoms. The molecular weight excluding hydrogens is 302 g/mol. The molecule has 3 N–H and O–H groups in total. The van der Waals surface area contributed by atoms with Crippen LogP contribution in [0.5, 0.6) is 0 Å². The predicted molar refractivity (Wildman–Crippen MR) is 77.3 cm³/mol. The molecule has 1 saturated heterocycles. The van der Waals surface area contributed by atoms with Gasteiger partial charge in [-0.3, -0.25) is 4.79 Å². The molecule has 0 saturated carbocycles. The standard InChI is InChI=1S/C14H18F2N2O2.ClH/c15-11-7-10(8-12(16)9-11)1-4-18-13(19)14(17)2-5-20-6-3-14;/h7-9H,1-6,17H2,(H,18,19);1H. The Morgan fingerprint density at radius 1 is 1.24 bits per heavy atom. The van der Waals surface area contributed by atoms with Crippen molar-refractivity contribution in [3.05, 3.63) is 35.4 Å². The Hall–Kier alpha value is -1.24. The lowest BCUT2D eigenvalue weighted by Crippen LogP contribution is -2.57. The normalized spacial score (nSPS) is 16.9. The zero-order valence-electron chi connectivity index (χ0n) is 11.5. The van der Waals surface area contributed by atoms with E-state index in [2.05, 4.69) is 5.32 Å². The van der Waals surface area contributed by atoms with E-state index in [1.807, 2.05) is 0 Å². The van der Waals surface area contributed by atoms with E-state index < -0.39 is 17.2 Å². The number of carbonyl (C=O) groups is 1. The number of nitrogens with two attached hydrogens (primary N) is 1. The molecule has 1 fully saturated rings. The third kappa shape index (κ3) is 4.91. The molecule has 0 unspecified atom stereocenters. The second-order valence-corrected chi connectivity index (χ2v) is 5.05. The largest absolute Gasteiger partial charge is 0.381 e. The van der Waals surface area contributed by atoms with Crippen LogP contribution in [0.15, 0.2) is 18.2 Å². The highest BCUT2D eigenvalue weighted by atomic mass is 35.5. The molecule has 0 spiro atoms. The van der Waals surface area contributed by atoms with Gasteiger partial charge in [0.25, 0.3) is 0 Å². The van der Waals surface area contributed by atoms with Gasteiger partial charge in [-0.1, -0.05) is 0 Å². The predicted octanol–water partition coefficient (Wildman–Crippen LogP) is 1.55. The van der Waals surface area contributed by atoms with Crippen LogP contribution in [0.3, 0.4) is 0 Å². The molecule has 1 aliphatic heterocycles. The Bertz CT molecular complexity index is 474. The molecule has 0 atom stereocenters. The van der Waals surface area contributed by atoms with Crippen LogP contribution in [0.25, 0.3) is 0 Å². The van der Waals surface area contributed by atoms with Crippen LogP contribution in [0.2, 0.25) is 0 Å². The van der Waals surface area contributed by atoms with Crippen LogP contribution in [0, 0.1) is 11.6 Å². The third-order valence-corrected chi connectivity index (χ3v) is 3.46. The number of rotatable bonds is 4. The maximum Gasteiger partial charge on any atom is 0.240 e. The van der Waals surface area contributed by atoms with Crippen molar-refractivity contribution in [3.8, 4) is 0 Å². The molecule has 1 aromatic rings. The van der Waals surface area contributed by atoms with Crippen molar-refractivity contribution in [2.75, 3.05) is 19.8 Å². The van der Waals surface area contributed by atoms with Crippen LogP contribution >= 0.6 is 12.4 Å². The second kappa shape index (κ2) is 7.68. The van der Waals surface area contributed by atoms with Gasteiger partial charge in [0.2, 0.25) is 5.91 Å². The summed E-state index contributed by atoms with van der Waals surface area (Å²) in [5, 5.41) is 2.72. The van der Waals surface area contributed by atoms with E-state index in [4.69, 9.17) is 10.5 Å². The van der Waals surface area contributed by atoms with Crippen LogP contribution in [-0.4, -0.2) is 31.2 Å². The minimum atomic E-state index is -0.897. The lowest BCUT2D eigenvalue weighted by atomic mass is 9.90. The summed E-state index contributed by atoms with van der Waals surface area (Å²) >= 11 is 0. The summed E-state index contributed by atoms with van der Waals surface area (Å²) in [5.74, 6) is -1.48. The van der Waals surface area contributed by atoms with Crippen molar-refractivity contribution in [1.29, 1.82) is 0 Å². The average Bonchev–Trinajstić information content (AvgIpc) is 2.38. The van der Waals surface area contributed by atoms with Crippen molar-refractivity contribution >= 4 is 18.3 Å². The highest BCUT2D eigenvalue weighted by molar-refractivity contribution is 5.86. The van der Waals surface area contributed by atoms with Crippen molar-refractivity contribution in [1.82, 2.24) is 5.32 Å². The van der Waals surface area contributed by atoms with Crippen molar-refractivity contribution in [2.45, 2.75) is 24.8 Å². The second-order valence-electron chi connectivity index (χ2n) is 5.05. The van der Waals surface area contributed by atoms with E-state index in [0.717, 1.165) is 6.07 Å². The van der Waals surface area contributed by atoms with Gasteiger partial charge in [0.15, 0.2) is 0 Å². The molecule has 118 valence electrons. The molecule has 0 aromatic heterocycles. The zero-order chi connectivity index (χ0) is 14.6. The van der Waals surface area contributed by atoms with Crippen molar-refractivity contribution in [2.24, 2.45) is 5.73 Å². The van der Waals surface area contributed by atoms with Gasteiger partial charge in [0.1, 0.15) is 11.6 Å². The number of nitrogens with one attached hydrogen (secondary N) is 1. The summed E-state index contributed by atoms with van der Waals surface area (Å²) in [6, 6.07) is 3.32. The van der Waals surface area contributed by atoms with Crippen LogP contribution in [0.4, 0.5) is 8.78 Å². The first-order valence-electron chi connectivity index (χ1n) is 6.59. The molecule has 0 radical (unpaired) electrons. The molecule has 7 heteroatoms. The lowest BCUT2D eigenvalue weighted by Gasteiger charge is -2.31. The Morgan fingerprint density at radius 2 is 1.81 bits per heavy atom. The van der Waals surface area contributed by atoms with Gasteiger partial charge in [0, 0.05) is 25.8 Å². The van der Waals surface area contributed by atoms with E-state index >= 15 is 0 Å². The summed E-state index contributed by atoms with van der Waals surface area (Å²) in [6.07, 6.45) is 1.31. The third-order valence-electron chi connectivity index (χ3n) is 3.46. The van der Waals surface area contributed by atoms with E-state index in [1.165, 1.54) is 12.1 Å². The molecule has 0 bridgehead atoms. The smallest absolute Gasteiger partial charge is 0.240 e. The van der Waals surface area contributed by atoms with E-state index in [0.29, 0.717) is 44.6 Å². The fraction of sp³-hybridized carbons (Fsp3) is 0.500. The van der Waals surface area contributed by atoms with E-state index in [9.17, 15) is 13.6 Å². The number of carbonyl (C=O) groups excluding carboxylic acids is 1. The SMILES string of the molecule is Cl.NC1(C(=O)NCCc2cc(F)cc(F)c2)CCOCC1. The molecular formula is C14H19ClF2N2O2. The number of hydrogen-bond donors (Lipinski definition) is 2. The minimum absolute atomic E-state index is 0. The number of ether oxygens (including phenoxy) is 1. The summed E-state index contributed by atoms with van der Waals surface area (Å²) < 4.78 is 31.2. The topological polar surface area (TPSA) is 64.4 Å². The number of amides is 1. The van der Waals surface area contributed by atoms with Crippen LogP contribution in [0.1, 0.15) is 18.4 Å². The van der Waals surface area contributed by atoms with Gasteiger partial charge in [-0.25, -0.2) is 8.78 Å². The summed E-state index contributed by atoms with van der Waals surface area (Å²) in [4.78, 5) is 12.0. The van der Waals surface area contributed by atoms with Gasteiger partial charge in [0.05, 0.1) is 5.54 Å². The van der Waals surface area contributed by atoms with Gasteiger partial charge < -0.3 is 15.8 Å². The summed E-state index contributed by atoms with van der Waals surface area (Å²) in [6.45, 7) is 1.24. The maximum absolute atomic E-state index is 13.0. The minimum Gasteiger partial charge on any atom is -0.381 e. The Morgan fingerprint density at radius 3 is 2.38 bits per heavy atom. The first kappa shape index (κ1) is 17.8. The molecule has 4 nitrogen and oxygen atoms in total. The molecule has 1 heterocycles. The molecule has 1 aliphatic rings. The van der Waals surface area contributed by atoms with Gasteiger partial charge in [-0.05, 0) is 37.0 Å². The molecule has 1 amide bonds. The Balaban J connectivity index is 0.00000220. The number of benzene rings is 1. The van der Waals surface area contributed by atoms with Gasteiger partial charge >= 0.3 is 0 Å². The average molecular weight is 321 g/mol. The van der Waals surface area contributed by atoms with Gasteiger partial charge in [-0.15, -0.1) is 12.4 Å². The number of hydrogen-bond acceptors (Lipinski definition) is 3. The first-order chi connectivity index (χ1) is 9.49.